The first-order chi connectivity index (χ1) is 15.8. The van der Waals surface area contributed by atoms with E-state index in [0.717, 1.165) is 17.3 Å². The maximum Gasteiger partial charge on any atom is 0.217 e. The Morgan fingerprint density at radius 1 is 1.24 bits per heavy atom. The van der Waals surface area contributed by atoms with E-state index in [1.165, 1.54) is 19.1 Å². The molecule has 0 aliphatic heterocycles. The first-order valence-electron chi connectivity index (χ1n) is 10.7. The number of amides is 1. The molecule has 9 heteroatoms. The first kappa shape index (κ1) is 23.0. The molecule has 4 rings (SSSR count). The number of benzene rings is 2. The van der Waals surface area contributed by atoms with Crippen molar-refractivity contribution in [3.63, 3.8) is 0 Å². The van der Waals surface area contributed by atoms with Crippen molar-refractivity contribution in [1.29, 1.82) is 0 Å². The number of aliphatic hydroxyl groups is 2. The fourth-order valence-corrected chi connectivity index (χ4v) is 4.15. The van der Waals surface area contributed by atoms with E-state index < -0.39 is 35.4 Å². The van der Waals surface area contributed by atoms with Crippen LogP contribution >= 0.6 is 0 Å². The molecule has 1 amide bonds. The number of carbonyl (C=O) groups is 1. The minimum absolute atomic E-state index is 0.0431. The van der Waals surface area contributed by atoms with Crippen molar-refractivity contribution in [2.45, 2.75) is 43.6 Å². The highest BCUT2D eigenvalue weighted by Gasteiger charge is 2.55. The number of nitrogens with zero attached hydrogens (tertiary/aromatic N) is 2. The van der Waals surface area contributed by atoms with E-state index >= 15 is 0 Å². The second-order valence-corrected chi connectivity index (χ2v) is 8.43. The summed E-state index contributed by atoms with van der Waals surface area (Å²) in [4.78, 5) is 11.7. The fraction of sp³-hybridized carbons (Fsp3) is 0.333. The number of rotatable bonds is 9. The van der Waals surface area contributed by atoms with Crippen molar-refractivity contribution in [1.82, 2.24) is 20.4 Å². The number of carbonyl (C=O) groups excluding carboxylic acids is 1. The smallest absolute Gasteiger partial charge is 0.217 e. The molecule has 4 atom stereocenters. The van der Waals surface area contributed by atoms with Crippen LogP contribution in [0.1, 0.15) is 24.5 Å². The van der Waals surface area contributed by atoms with Crippen LogP contribution < -0.4 is 10.6 Å². The fourth-order valence-electron chi connectivity index (χ4n) is 4.15. The van der Waals surface area contributed by atoms with Crippen LogP contribution in [0.2, 0.25) is 0 Å². The minimum Gasteiger partial charge on any atom is -0.391 e. The van der Waals surface area contributed by atoms with Crippen LogP contribution in [-0.4, -0.2) is 50.7 Å². The van der Waals surface area contributed by atoms with Crippen molar-refractivity contribution in [2.24, 2.45) is 0 Å². The van der Waals surface area contributed by atoms with E-state index in [1.54, 1.807) is 10.9 Å². The Bertz CT molecular complexity index is 1100. The zero-order valence-electron chi connectivity index (χ0n) is 18.1. The number of hydrogen-bond acceptors (Lipinski definition) is 5. The lowest BCUT2D eigenvalue weighted by atomic mass is 9.99. The van der Waals surface area contributed by atoms with E-state index in [0.29, 0.717) is 12.0 Å². The zero-order valence-corrected chi connectivity index (χ0v) is 18.1. The molecule has 0 bridgehead atoms. The van der Waals surface area contributed by atoms with Crippen molar-refractivity contribution in [2.75, 3.05) is 6.54 Å². The Balaban J connectivity index is 1.48. The van der Waals surface area contributed by atoms with Crippen molar-refractivity contribution in [3.05, 3.63) is 83.7 Å². The Morgan fingerprint density at radius 2 is 1.97 bits per heavy atom. The van der Waals surface area contributed by atoms with Crippen LogP contribution in [0, 0.1) is 11.6 Å². The van der Waals surface area contributed by atoms with Gasteiger partial charge >= 0.3 is 0 Å². The maximum atomic E-state index is 13.6. The summed E-state index contributed by atoms with van der Waals surface area (Å²) in [7, 11) is 0. The molecule has 3 aromatic rings. The predicted octanol–water partition coefficient (Wildman–Crippen LogP) is 1.81. The number of hydrogen-bond donors (Lipinski definition) is 4. The van der Waals surface area contributed by atoms with Gasteiger partial charge in [0.25, 0.3) is 0 Å². The van der Waals surface area contributed by atoms with Crippen LogP contribution in [-0.2, 0) is 16.8 Å². The lowest BCUT2D eigenvalue weighted by Gasteiger charge is -2.27. The molecule has 1 aliphatic rings. The third-order valence-corrected chi connectivity index (χ3v) is 5.91. The van der Waals surface area contributed by atoms with Gasteiger partial charge in [0.15, 0.2) is 0 Å². The molecule has 0 spiro atoms. The average Bonchev–Trinajstić information content (AvgIpc) is 3.15. The van der Waals surface area contributed by atoms with Gasteiger partial charge < -0.3 is 20.8 Å². The highest BCUT2D eigenvalue weighted by atomic mass is 19.1. The van der Waals surface area contributed by atoms with E-state index in [1.807, 2.05) is 36.5 Å². The molecule has 4 unspecified atom stereocenters. The second-order valence-electron chi connectivity index (χ2n) is 8.43. The largest absolute Gasteiger partial charge is 0.391 e. The predicted molar refractivity (Wildman–Crippen MR) is 118 cm³/mol. The van der Waals surface area contributed by atoms with Gasteiger partial charge in [-0.25, -0.2) is 13.5 Å². The summed E-state index contributed by atoms with van der Waals surface area (Å²) in [6.45, 7) is 1.36. The Labute approximate surface area is 190 Å². The van der Waals surface area contributed by atoms with Gasteiger partial charge in [-0.2, -0.15) is 5.10 Å². The topological polar surface area (TPSA) is 99.4 Å². The molecular formula is C24H26F2N4O3. The van der Waals surface area contributed by atoms with Gasteiger partial charge in [0.2, 0.25) is 5.91 Å². The summed E-state index contributed by atoms with van der Waals surface area (Å²) in [5.41, 5.74) is 1.26. The van der Waals surface area contributed by atoms with Gasteiger partial charge in [0.1, 0.15) is 11.6 Å². The average molecular weight is 456 g/mol. The summed E-state index contributed by atoms with van der Waals surface area (Å²) < 4.78 is 28.9. The number of nitrogens with one attached hydrogen (secondary N) is 2. The summed E-state index contributed by atoms with van der Waals surface area (Å²) >= 11 is 0. The first-order valence-corrected chi connectivity index (χ1v) is 10.7. The Morgan fingerprint density at radius 3 is 2.58 bits per heavy atom. The summed E-state index contributed by atoms with van der Waals surface area (Å²) in [6, 6.07) is 11.7. The van der Waals surface area contributed by atoms with Crippen molar-refractivity contribution in [3.8, 4) is 5.69 Å². The zero-order chi connectivity index (χ0) is 23.6. The van der Waals surface area contributed by atoms with Crippen molar-refractivity contribution < 1.29 is 23.8 Å². The third kappa shape index (κ3) is 5.27. The standard InChI is InChI=1S/C24H26F2N4O3/c1-15(31)29-21(10-16-8-18(25)12-19(26)9-16)22(32)14-27-24(13-23(24)33)17-4-2-5-20(11-17)30-7-3-6-28-30/h2-9,11-12,21-23,27,32-33H,10,13-14H2,1H3,(H,29,31). The van der Waals surface area contributed by atoms with Gasteiger partial charge in [-0.15, -0.1) is 0 Å². The Kier molecular flexibility index (Phi) is 6.55. The monoisotopic (exact) mass is 456 g/mol. The molecule has 33 heavy (non-hydrogen) atoms. The molecule has 174 valence electrons. The third-order valence-electron chi connectivity index (χ3n) is 5.91. The van der Waals surface area contributed by atoms with Crippen molar-refractivity contribution >= 4 is 5.91 Å². The molecule has 1 aliphatic carbocycles. The van der Waals surface area contributed by atoms with E-state index in [-0.39, 0.29) is 18.9 Å². The summed E-state index contributed by atoms with van der Waals surface area (Å²) in [5, 5.41) is 31.4. The normalized spacial score (nSPS) is 21.4. The molecule has 2 aromatic carbocycles. The van der Waals surface area contributed by atoms with Gasteiger partial charge in [-0.3, -0.25) is 4.79 Å². The quantitative estimate of drug-likeness (QED) is 0.394. The van der Waals surface area contributed by atoms with Crippen LogP contribution in [0.15, 0.2) is 60.9 Å². The molecule has 1 fully saturated rings. The van der Waals surface area contributed by atoms with Crippen LogP contribution in [0.5, 0.6) is 0 Å². The maximum absolute atomic E-state index is 13.6. The highest BCUT2D eigenvalue weighted by molar-refractivity contribution is 5.73. The SMILES string of the molecule is CC(=O)NC(Cc1cc(F)cc(F)c1)C(O)CNC1(c2cccc(-n3cccn3)c2)CC1O. The number of halogens is 2. The minimum atomic E-state index is -1.07. The van der Waals surface area contributed by atoms with Gasteiger partial charge in [-0.1, -0.05) is 12.1 Å². The molecule has 1 aromatic heterocycles. The lowest BCUT2D eigenvalue weighted by molar-refractivity contribution is -0.120. The van der Waals surface area contributed by atoms with E-state index in [4.69, 9.17) is 0 Å². The molecular weight excluding hydrogens is 430 g/mol. The lowest BCUT2D eigenvalue weighted by Crippen LogP contribution is -2.50. The second kappa shape index (κ2) is 9.38. The molecule has 1 heterocycles. The molecule has 4 N–H and O–H groups in total. The van der Waals surface area contributed by atoms with Crippen LogP contribution in [0.25, 0.3) is 5.69 Å². The number of aromatic nitrogens is 2. The van der Waals surface area contributed by atoms with Gasteiger partial charge in [-0.05, 0) is 47.9 Å². The Hall–Kier alpha value is -3.14. The molecule has 7 nitrogen and oxygen atoms in total. The van der Waals surface area contributed by atoms with E-state index in [9.17, 15) is 23.8 Å². The van der Waals surface area contributed by atoms with E-state index in [2.05, 4.69) is 15.7 Å². The number of aliphatic hydroxyl groups excluding tert-OH is 2. The summed E-state index contributed by atoms with van der Waals surface area (Å²) in [5.74, 6) is -1.82. The van der Waals surface area contributed by atoms with Gasteiger partial charge in [0, 0.05) is 38.3 Å². The highest BCUT2D eigenvalue weighted by Crippen LogP contribution is 2.46. The molecule has 0 saturated heterocycles. The van der Waals surface area contributed by atoms with Gasteiger partial charge in [0.05, 0.1) is 29.5 Å². The summed E-state index contributed by atoms with van der Waals surface area (Å²) in [6.07, 6.45) is 2.28. The molecule has 1 saturated carbocycles. The van der Waals surface area contributed by atoms with Crippen LogP contribution in [0.3, 0.4) is 0 Å². The van der Waals surface area contributed by atoms with Crippen LogP contribution in [0.4, 0.5) is 8.78 Å². The molecule has 0 radical (unpaired) electrons.